The van der Waals surface area contributed by atoms with Gasteiger partial charge in [-0.3, -0.25) is 0 Å². The quantitative estimate of drug-likeness (QED) is 0.127. The molecule has 1 aliphatic carbocycles. The summed E-state index contributed by atoms with van der Waals surface area (Å²) in [6.45, 7) is 0.508. The molecule has 0 aromatic heterocycles. The van der Waals surface area contributed by atoms with E-state index in [9.17, 15) is 26.3 Å². The van der Waals surface area contributed by atoms with E-state index in [4.69, 9.17) is 0 Å². The normalized spacial score (nSPS) is 25.0. The zero-order chi connectivity index (χ0) is 26.8. The van der Waals surface area contributed by atoms with Crippen LogP contribution in [0.15, 0.2) is 12.1 Å². The highest BCUT2D eigenvalue weighted by molar-refractivity contribution is 6.58. The number of hydrogen-bond donors (Lipinski definition) is 0. The van der Waals surface area contributed by atoms with Gasteiger partial charge in [-0.15, -0.1) is 0 Å². The molecule has 1 aromatic rings. The Labute approximate surface area is 220 Å². The predicted molar refractivity (Wildman–Crippen MR) is 140 cm³/mol. The lowest BCUT2D eigenvalue weighted by Gasteiger charge is -2.37. The fraction of sp³-hybridized carbons (Fsp3) is 0.793. The third kappa shape index (κ3) is 9.50. The van der Waals surface area contributed by atoms with Crippen LogP contribution in [-0.4, -0.2) is 27.8 Å². The second-order valence-electron chi connectivity index (χ2n) is 11.5. The summed E-state index contributed by atoms with van der Waals surface area (Å²) in [5.41, 5.74) is 0.417. The van der Waals surface area contributed by atoms with Gasteiger partial charge in [0.05, 0.1) is 0 Å². The Hall–Kier alpha value is -1.18. The van der Waals surface area contributed by atoms with E-state index in [0.717, 1.165) is 49.1 Å². The number of ether oxygens (including phenoxy) is 1. The van der Waals surface area contributed by atoms with Gasteiger partial charge in [-0.1, -0.05) is 82.8 Å². The number of unbranched alkanes of at least 4 members (excludes halogenated alkanes) is 3. The second-order valence-corrected chi connectivity index (χ2v) is 15.0. The first-order chi connectivity index (χ1) is 17.7. The highest BCUT2D eigenvalue weighted by atomic mass is 28.3. The number of hydrogen-bond acceptors (Lipinski definition) is 1. The number of halogens is 6. The molecule has 0 spiro atoms. The fourth-order valence-corrected chi connectivity index (χ4v) is 10.00. The number of aryl methyl sites for hydroxylation is 1. The van der Waals surface area contributed by atoms with Crippen LogP contribution >= 0.6 is 0 Å². The van der Waals surface area contributed by atoms with Crippen molar-refractivity contribution in [3.05, 3.63) is 29.3 Å². The van der Waals surface area contributed by atoms with Crippen molar-refractivity contribution >= 4 is 8.80 Å². The van der Waals surface area contributed by atoms with Crippen molar-refractivity contribution in [3.8, 4) is 5.75 Å². The van der Waals surface area contributed by atoms with Gasteiger partial charge >= 0.3 is 12.3 Å². The Bertz CT molecular complexity index is 781. The smallest absolute Gasteiger partial charge is 0.340 e. The van der Waals surface area contributed by atoms with Crippen molar-refractivity contribution in [2.75, 3.05) is 6.61 Å². The Balaban J connectivity index is 1.32. The molecular weight excluding hydrogens is 506 g/mol. The van der Waals surface area contributed by atoms with E-state index in [1.165, 1.54) is 57.8 Å². The van der Waals surface area contributed by atoms with Crippen molar-refractivity contribution in [2.24, 2.45) is 17.8 Å². The summed E-state index contributed by atoms with van der Waals surface area (Å²) in [7, 11) is -0.444. The molecule has 0 unspecified atom stereocenters. The van der Waals surface area contributed by atoms with Gasteiger partial charge in [-0.25, -0.2) is 17.6 Å². The van der Waals surface area contributed by atoms with Crippen LogP contribution in [0.3, 0.4) is 0 Å². The highest BCUT2D eigenvalue weighted by Gasteiger charge is 2.42. The summed E-state index contributed by atoms with van der Waals surface area (Å²) in [6.07, 6.45) is 11.8. The minimum absolute atomic E-state index is 0.417. The van der Waals surface area contributed by atoms with Crippen LogP contribution in [0.4, 0.5) is 26.3 Å². The zero-order valence-electron chi connectivity index (χ0n) is 22.2. The van der Waals surface area contributed by atoms with Crippen LogP contribution in [0.2, 0.25) is 18.1 Å². The summed E-state index contributed by atoms with van der Waals surface area (Å²) in [5, 5.41) is 0. The fourth-order valence-electron chi connectivity index (χ4n) is 6.47. The summed E-state index contributed by atoms with van der Waals surface area (Å²) >= 11 is 0. The van der Waals surface area contributed by atoms with Crippen LogP contribution in [0.1, 0.15) is 89.5 Å². The molecule has 2 fully saturated rings. The third-order valence-electron chi connectivity index (χ3n) is 8.78. The van der Waals surface area contributed by atoms with Crippen molar-refractivity contribution < 1.29 is 31.1 Å². The molecule has 1 heterocycles. The summed E-state index contributed by atoms with van der Waals surface area (Å²) < 4.78 is 83.2. The third-order valence-corrected chi connectivity index (χ3v) is 12.3. The topological polar surface area (TPSA) is 9.23 Å². The van der Waals surface area contributed by atoms with Crippen molar-refractivity contribution in [1.29, 1.82) is 0 Å². The maximum atomic E-state index is 14.2. The first-order valence-electron chi connectivity index (χ1n) is 14.5. The minimum atomic E-state index is -4.47. The number of benzene rings is 1. The van der Waals surface area contributed by atoms with Crippen molar-refractivity contribution in [3.63, 3.8) is 0 Å². The van der Waals surface area contributed by atoms with E-state index in [1.54, 1.807) is 18.1 Å². The van der Waals surface area contributed by atoms with Gasteiger partial charge in [0.15, 0.2) is 24.0 Å². The van der Waals surface area contributed by atoms with Gasteiger partial charge in [0.1, 0.15) is 0 Å². The molecule has 8 heteroatoms. The minimum Gasteiger partial charge on any atom is -0.481 e. The zero-order valence-corrected chi connectivity index (χ0v) is 23.4. The van der Waals surface area contributed by atoms with Crippen LogP contribution in [0, 0.1) is 29.4 Å². The average molecular weight is 551 g/mol. The summed E-state index contributed by atoms with van der Waals surface area (Å²) in [5.74, 6) is -5.19. The lowest BCUT2D eigenvalue weighted by molar-refractivity contribution is -0.148. The lowest BCUT2D eigenvalue weighted by atomic mass is 9.73. The Kier molecular flexibility index (Phi) is 12.2. The molecule has 0 bridgehead atoms. The predicted octanol–water partition coefficient (Wildman–Crippen LogP) is 9.59. The van der Waals surface area contributed by atoms with Gasteiger partial charge < -0.3 is 4.74 Å². The van der Waals surface area contributed by atoms with Crippen LogP contribution in [-0.2, 0) is 6.42 Å². The second kappa shape index (κ2) is 14.8. The molecule has 212 valence electrons. The van der Waals surface area contributed by atoms with Crippen LogP contribution in [0.5, 0.6) is 5.75 Å². The van der Waals surface area contributed by atoms with Crippen LogP contribution in [0.25, 0.3) is 0 Å². The maximum Gasteiger partial charge on any atom is 0.340 e. The molecule has 1 aromatic carbocycles. The molecule has 1 saturated carbocycles. The van der Waals surface area contributed by atoms with Crippen molar-refractivity contribution in [1.82, 2.24) is 0 Å². The molecule has 1 aliphatic heterocycles. The molecule has 0 amide bonds. The first kappa shape index (κ1) is 30.4. The molecule has 37 heavy (non-hydrogen) atoms. The van der Waals surface area contributed by atoms with E-state index < -0.39 is 45.1 Å². The highest BCUT2D eigenvalue weighted by Crippen LogP contribution is 2.42. The Morgan fingerprint density at radius 1 is 0.892 bits per heavy atom. The molecule has 0 N–H and O–H groups in total. The number of rotatable bonds is 14. The number of alkyl halides is 4. The van der Waals surface area contributed by atoms with E-state index in [0.29, 0.717) is 12.0 Å². The van der Waals surface area contributed by atoms with E-state index >= 15 is 0 Å². The van der Waals surface area contributed by atoms with Gasteiger partial charge in [-0.2, -0.15) is 8.78 Å². The van der Waals surface area contributed by atoms with Gasteiger partial charge in [-0.05, 0) is 61.1 Å². The molecule has 1 nitrogen and oxygen atoms in total. The molecule has 0 radical (unpaired) electrons. The van der Waals surface area contributed by atoms with E-state index in [2.05, 4.69) is 11.7 Å². The Morgan fingerprint density at radius 2 is 1.51 bits per heavy atom. The molecule has 3 rings (SSSR count). The van der Waals surface area contributed by atoms with E-state index in [-0.39, 0.29) is 0 Å². The standard InChI is InChI=1S/C29H44F6OSi/c1-2-3-6-15-37-16-13-24(14-17-37)23-11-9-21(10-12-23)7-4-5-8-22-18-25(30)27(26(31)19-22)36-20-29(34,35)28(32)33/h18-19,21,23-24,28,37H,2-17,20H2,1H3. The summed E-state index contributed by atoms with van der Waals surface area (Å²) in [4.78, 5) is 0. The Morgan fingerprint density at radius 3 is 2.11 bits per heavy atom. The lowest BCUT2D eigenvalue weighted by Crippen LogP contribution is -2.34. The van der Waals surface area contributed by atoms with Gasteiger partial charge in [0, 0.05) is 8.80 Å². The monoisotopic (exact) mass is 550 g/mol. The molecule has 1 saturated heterocycles. The van der Waals surface area contributed by atoms with Crippen LogP contribution < -0.4 is 4.74 Å². The molecule has 2 aliphatic rings. The summed E-state index contributed by atoms with van der Waals surface area (Å²) in [6, 6.07) is 6.78. The first-order valence-corrected chi connectivity index (χ1v) is 16.9. The largest absolute Gasteiger partial charge is 0.481 e. The molecule has 0 atom stereocenters. The molecular formula is C29H44F6OSi. The van der Waals surface area contributed by atoms with Gasteiger partial charge in [0.25, 0.3) is 0 Å². The van der Waals surface area contributed by atoms with E-state index in [1.807, 2.05) is 0 Å². The maximum absolute atomic E-state index is 14.2. The van der Waals surface area contributed by atoms with Crippen molar-refractivity contribution in [2.45, 2.75) is 121 Å². The van der Waals surface area contributed by atoms with Gasteiger partial charge in [0.2, 0.25) is 0 Å². The average Bonchev–Trinajstić information content (AvgIpc) is 2.87. The SMILES string of the molecule is CCCCC[SiH]1CCC(C2CCC(CCCCc3cc(F)c(OCC(F)(F)C(F)F)c(F)c3)CC2)CC1.